The average molecular weight is 284 g/mol. The highest BCUT2D eigenvalue weighted by molar-refractivity contribution is 5.86. The van der Waals surface area contributed by atoms with E-state index < -0.39 is 5.97 Å². The Labute approximate surface area is 119 Å². The number of carbonyl (C=O) groups is 1. The molecular weight excluding hydrogens is 272 g/mol. The molecule has 0 aliphatic heterocycles. The van der Waals surface area contributed by atoms with Gasteiger partial charge in [-0.05, 0) is 19.1 Å². The van der Waals surface area contributed by atoms with Crippen LogP contribution in [0.1, 0.15) is 21.9 Å². The Morgan fingerprint density at radius 3 is 2.86 bits per heavy atom. The molecule has 21 heavy (non-hydrogen) atoms. The number of furan rings is 1. The van der Waals surface area contributed by atoms with Gasteiger partial charge in [0.15, 0.2) is 0 Å². The lowest BCUT2D eigenvalue weighted by molar-refractivity contribution is 0.0659. The van der Waals surface area contributed by atoms with Crippen molar-refractivity contribution in [2.24, 2.45) is 0 Å². The van der Waals surface area contributed by atoms with E-state index in [4.69, 9.17) is 9.52 Å². The molecule has 106 valence electrons. The van der Waals surface area contributed by atoms with E-state index in [1.54, 1.807) is 31.3 Å². The first-order valence-electron chi connectivity index (χ1n) is 6.34. The molecule has 0 fully saturated rings. The maximum Gasteiger partial charge on any atom is 0.372 e. The summed E-state index contributed by atoms with van der Waals surface area (Å²) in [6, 6.07) is 8.77. The molecule has 6 heteroatoms. The predicted molar refractivity (Wildman–Crippen MR) is 75.5 cm³/mol. The molecular formula is C15H12N2O4. The van der Waals surface area contributed by atoms with E-state index in [-0.39, 0.29) is 17.9 Å². The molecule has 0 saturated heterocycles. The molecule has 0 unspecified atom stereocenters. The van der Waals surface area contributed by atoms with Crippen molar-refractivity contribution in [3.05, 3.63) is 64.0 Å². The smallest absolute Gasteiger partial charge is 0.372 e. The van der Waals surface area contributed by atoms with E-state index in [9.17, 15) is 9.59 Å². The number of hydrogen-bond donors (Lipinski definition) is 1. The molecule has 3 aromatic rings. The normalized spacial score (nSPS) is 10.9. The van der Waals surface area contributed by atoms with Crippen LogP contribution in [0.25, 0.3) is 10.8 Å². The van der Waals surface area contributed by atoms with Crippen LogP contribution >= 0.6 is 0 Å². The fraction of sp³-hybridized carbons (Fsp3) is 0.133. The molecule has 3 rings (SSSR count). The second-order valence-corrected chi connectivity index (χ2v) is 4.72. The molecule has 0 atom stereocenters. The maximum absolute atomic E-state index is 12.3. The first-order valence-corrected chi connectivity index (χ1v) is 6.34. The third-order valence-electron chi connectivity index (χ3n) is 3.23. The Bertz CT molecular complexity index is 892. The minimum atomic E-state index is -1.13. The number of aromatic carboxylic acids is 1. The number of fused-ring (bicyclic) bond motifs is 1. The number of carboxylic acid groups (broad SMARTS) is 1. The molecule has 1 N–H and O–H groups in total. The van der Waals surface area contributed by atoms with Crippen LogP contribution in [0, 0.1) is 6.92 Å². The summed E-state index contributed by atoms with van der Waals surface area (Å²) < 4.78 is 6.50. The Hall–Kier alpha value is -2.89. The first-order chi connectivity index (χ1) is 10.1. The largest absolute Gasteiger partial charge is 0.475 e. The van der Waals surface area contributed by atoms with Gasteiger partial charge in [0.25, 0.3) is 5.56 Å². The number of aromatic nitrogens is 2. The Balaban J connectivity index is 2.02. The highest BCUT2D eigenvalue weighted by Gasteiger charge is 2.15. The monoisotopic (exact) mass is 284 g/mol. The minimum Gasteiger partial charge on any atom is -0.475 e. The van der Waals surface area contributed by atoms with Crippen LogP contribution in [-0.2, 0) is 6.54 Å². The number of rotatable bonds is 3. The van der Waals surface area contributed by atoms with E-state index in [2.05, 4.69) is 5.10 Å². The van der Waals surface area contributed by atoms with E-state index in [0.717, 1.165) is 5.39 Å². The molecule has 1 aromatic carbocycles. The zero-order valence-corrected chi connectivity index (χ0v) is 11.2. The van der Waals surface area contributed by atoms with Crippen molar-refractivity contribution in [1.29, 1.82) is 0 Å². The van der Waals surface area contributed by atoms with Gasteiger partial charge >= 0.3 is 5.97 Å². The van der Waals surface area contributed by atoms with E-state index in [0.29, 0.717) is 16.7 Å². The second-order valence-electron chi connectivity index (χ2n) is 4.72. The molecule has 6 nitrogen and oxygen atoms in total. The van der Waals surface area contributed by atoms with Crippen LogP contribution in [0.2, 0.25) is 0 Å². The third-order valence-corrected chi connectivity index (χ3v) is 3.23. The summed E-state index contributed by atoms with van der Waals surface area (Å²) in [7, 11) is 0. The zero-order valence-electron chi connectivity index (χ0n) is 11.2. The van der Waals surface area contributed by atoms with Crippen molar-refractivity contribution in [2.75, 3.05) is 0 Å². The molecule has 0 spiro atoms. The number of carboxylic acids is 1. The number of benzene rings is 1. The van der Waals surface area contributed by atoms with Crippen molar-refractivity contribution < 1.29 is 14.3 Å². The third kappa shape index (κ3) is 2.31. The fourth-order valence-corrected chi connectivity index (χ4v) is 2.23. The van der Waals surface area contributed by atoms with Crippen molar-refractivity contribution in [3.8, 4) is 0 Å². The van der Waals surface area contributed by atoms with E-state index in [1.807, 2.05) is 12.1 Å². The molecule has 0 radical (unpaired) electrons. The Kier molecular flexibility index (Phi) is 3.06. The average Bonchev–Trinajstić information content (AvgIpc) is 2.83. The van der Waals surface area contributed by atoms with Gasteiger partial charge in [0.1, 0.15) is 12.3 Å². The van der Waals surface area contributed by atoms with Gasteiger partial charge in [-0.15, -0.1) is 0 Å². The zero-order chi connectivity index (χ0) is 15.0. The number of hydrogen-bond acceptors (Lipinski definition) is 4. The lowest BCUT2D eigenvalue weighted by Crippen LogP contribution is -2.23. The van der Waals surface area contributed by atoms with E-state index in [1.165, 1.54) is 4.68 Å². The van der Waals surface area contributed by atoms with Crippen molar-refractivity contribution in [3.63, 3.8) is 0 Å². The maximum atomic E-state index is 12.3. The van der Waals surface area contributed by atoms with Gasteiger partial charge in [-0.1, -0.05) is 18.2 Å². The van der Waals surface area contributed by atoms with Crippen molar-refractivity contribution in [2.45, 2.75) is 13.5 Å². The summed E-state index contributed by atoms with van der Waals surface area (Å²) in [6.07, 6.45) is 1.60. The molecule has 0 saturated carbocycles. The second kappa shape index (κ2) is 4.90. The van der Waals surface area contributed by atoms with Gasteiger partial charge in [0, 0.05) is 10.9 Å². The quantitative estimate of drug-likeness (QED) is 0.795. The summed E-state index contributed by atoms with van der Waals surface area (Å²) >= 11 is 0. The first kappa shape index (κ1) is 13.1. The lowest BCUT2D eigenvalue weighted by Gasteiger charge is -2.03. The fourth-order valence-electron chi connectivity index (χ4n) is 2.23. The van der Waals surface area contributed by atoms with Crippen LogP contribution in [0.15, 0.2) is 45.7 Å². The molecule has 0 amide bonds. The lowest BCUT2D eigenvalue weighted by atomic mass is 10.2. The molecule has 2 aromatic heterocycles. The molecule has 0 aliphatic rings. The van der Waals surface area contributed by atoms with Gasteiger partial charge < -0.3 is 9.52 Å². The summed E-state index contributed by atoms with van der Waals surface area (Å²) in [4.78, 5) is 23.3. The van der Waals surface area contributed by atoms with Crippen molar-refractivity contribution in [1.82, 2.24) is 9.78 Å². The van der Waals surface area contributed by atoms with Crippen LogP contribution in [0.5, 0.6) is 0 Å². The summed E-state index contributed by atoms with van der Waals surface area (Å²) in [6.45, 7) is 1.74. The van der Waals surface area contributed by atoms with Gasteiger partial charge in [-0.25, -0.2) is 9.48 Å². The Morgan fingerprint density at radius 2 is 2.14 bits per heavy atom. The predicted octanol–water partition coefficient (Wildman–Crippen LogP) is 2.04. The molecule has 0 aliphatic carbocycles. The van der Waals surface area contributed by atoms with Gasteiger partial charge in [0.2, 0.25) is 5.76 Å². The highest BCUT2D eigenvalue weighted by Crippen LogP contribution is 2.15. The van der Waals surface area contributed by atoms with Crippen LogP contribution < -0.4 is 5.56 Å². The molecule has 0 bridgehead atoms. The van der Waals surface area contributed by atoms with Crippen LogP contribution in [0.3, 0.4) is 0 Å². The highest BCUT2D eigenvalue weighted by atomic mass is 16.4. The van der Waals surface area contributed by atoms with Crippen LogP contribution in [0.4, 0.5) is 0 Å². The summed E-state index contributed by atoms with van der Waals surface area (Å²) in [5.74, 6) is -0.855. The topological polar surface area (TPSA) is 85.3 Å². The van der Waals surface area contributed by atoms with Crippen molar-refractivity contribution >= 4 is 16.7 Å². The number of nitrogens with zero attached hydrogens (tertiary/aromatic N) is 2. The standard InChI is InChI=1S/C15H12N2O4/c1-9-6-11(21-13(9)15(19)20)8-17-14(18)12-5-3-2-4-10(12)7-16-17/h2-7H,8H2,1H3,(H,19,20). The van der Waals surface area contributed by atoms with Gasteiger partial charge in [-0.3, -0.25) is 4.79 Å². The number of aryl methyl sites for hydroxylation is 1. The van der Waals surface area contributed by atoms with E-state index >= 15 is 0 Å². The van der Waals surface area contributed by atoms with Gasteiger partial charge in [-0.2, -0.15) is 5.10 Å². The molecule has 2 heterocycles. The SMILES string of the molecule is Cc1cc(Cn2ncc3ccccc3c2=O)oc1C(=O)O. The van der Waals surface area contributed by atoms with Crippen LogP contribution in [-0.4, -0.2) is 20.9 Å². The van der Waals surface area contributed by atoms with Gasteiger partial charge in [0.05, 0.1) is 11.6 Å². The summed E-state index contributed by atoms with van der Waals surface area (Å²) in [5.41, 5.74) is 0.283. The minimum absolute atomic E-state index is 0.0950. The Morgan fingerprint density at radius 1 is 1.38 bits per heavy atom. The summed E-state index contributed by atoms with van der Waals surface area (Å²) in [5, 5.41) is 14.4.